The van der Waals surface area contributed by atoms with Gasteiger partial charge in [-0.1, -0.05) is 12.1 Å². The Bertz CT molecular complexity index is 577. The van der Waals surface area contributed by atoms with E-state index in [1.54, 1.807) is 22.9 Å². The molecule has 0 aliphatic carbocycles. The third-order valence-electron chi connectivity index (χ3n) is 2.56. The number of benzene rings is 1. The highest BCUT2D eigenvalue weighted by Crippen LogP contribution is 2.14. The molecule has 0 fully saturated rings. The smallest absolute Gasteiger partial charge is 0.274 e. The number of aryl methyl sites for hydroxylation is 2. The number of carbonyl (C=O) groups excluding carboxylic acids is 1. The Kier molecular flexibility index (Phi) is 3.41. The Morgan fingerprint density at radius 3 is 2.83 bits per heavy atom. The number of amides is 1. The summed E-state index contributed by atoms with van der Waals surface area (Å²) in [4.78, 5) is 12.0. The van der Waals surface area contributed by atoms with E-state index in [2.05, 4.69) is 10.4 Å². The molecule has 0 aliphatic heterocycles. The summed E-state index contributed by atoms with van der Waals surface area (Å²) in [5.41, 5.74) is 1.36. The Hall–Kier alpha value is -2.17. The highest BCUT2D eigenvalue weighted by Gasteiger charge is 2.14. The summed E-state index contributed by atoms with van der Waals surface area (Å²) in [6, 6.07) is 7.75. The van der Waals surface area contributed by atoms with Gasteiger partial charge in [0.2, 0.25) is 0 Å². The first-order chi connectivity index (χ1) is 8.61. The first-order valence-corrected chi connectivity index (χ1v) is 5.72. The second kappa shape index (κ2) is 5.00. The normalized spacial score (nSPS) is 10.4. The fourth-order valence-corrected chi connectivity index (χ4v) is 1.72. The fourth-order valence-electron chi connectivity index (χ4n) is 1.72. The summed E-state index contributed by atoms with van der Waals surface area (Å²) in [6.07, 6.45) is 0. The van der Waals surface area contributed by atoms with Crippen molar-refractivity contribution in [2.75, 3.05) is 5.32 Å². The summed E-state index contributed by atoms with van der Waals surface area (Å²) in [5.74, 6) is -0.812. The van der Waals surface area contributed by atoms with Gasteiger partial charge in [-0.15, -0.1) is 0 Å². The van der Waals surface area contributed by atoms with Gasteiger partial charge in [-0.05, 0) is 32.0 Å². The van der Waals surface area contributed by atoms with Gasteiger partial charge in [-0.3, -0.25) is 9.48 Å². The van der Waals surface area contributed by atoms with Crippen LogP contribution in [0.1, 0.15) is 23.1 Å². The minimum absolute atomic E-state index is 0.170. The van der Waals surface area contributed by atoms with Crippen LogP contribution in [0, 0.1) is 12.7 Å². The van der Waals surface area contributed by atoms with Gasteiger partial charge in [-0.2, -0.15) is 5.10 Å². The van der Waals surface area contributed by atoms with Crippen LogP contribution in [0.5, 0.6) is 0 Å². The highest BCUT2D eigenvalue weighted by molar-refractivity contribution is 6.03. The summed E-state index contributed by atoms with van der Waals surface area (Å²) in [7, 11) is 0. The lowest BCUT2D eigenvalue weighted by Gasteiger charge is -2.07. The maximum Gasteiger partial charge on any atom is 0.274 e. The predicted molar refractivity (Wildman–Crippen MR) is 67.0 cm³/mol. The minimum Gasteiger partial charge on any atom is -0.318 e. The van der Waals surface area contributed by atoms with Crippen LogP contribution in [0.3, 0.4) is 0 Å². The maximum absolute atomic E-state index is 13.4. The number of aromatic nitrogens is 2. The lowest BCUT2D eigenvalue weighted by atomic mass is 10.3. The monoisotopic (exact) mass is 247 g/mol. The third-order valence-corrected chi connectivity index (χ3v) is 2.56. The predicted octanol–water partition coefficient (Wildman–Crippen LogP) is 2.60. The van der Waals surface area contributed by atoms with Crippen LogP contribution in [0.2, 0.25) is 0 Å². The van der Waals surface area contributed by atoms with Crippen LogP contribution in [-0.4, -0.2) is 15.7 Å². The SMILES string of the molecule is CCn1nc(C)cc1C(=O)Nc1ccccc1F. The molecule has 0 atom stereocenters. The molecule has 18 heavy (non-hydrogen) atoms. The van der Waals surface area contributed by atoms with Crippen LogP contribution in [-0.2, 0) is 6.54 Å². The molecule has 1 amide bonds. The first-order valence-electron chi connectivity index (χ1n) is 5.72. The van der Waals surface area contributed by atoms with Gasteiger partial charge in [0.25, 0.3) is 5.91 Å². The van der Waals surface area contributed by atoms with Crippen LogP contribution < -0.4 is 5.32 Å². The maximum atomic E-state index is 13.4. The summed E-state index contributed by atoms with van der Waals surface area (Å²) in [6.45, 7) is 4.30. The molecule has 5 heteroatoms. The third kappa shape index (κ3) is 2.40. The summed E-state index contributed by atoms with van der Waals surface area (Å²) in [5, 5.41) is 6.72. The number of nitrogens with zero attached hydrogens (tertiary/aromatic N) is 2. The molecule has 0 unspecified atom stereocenters. The van der Waals surface area contributed by atoms with Gasteiger partial charge in [0, 0.05) is 6.54 Å². The van der Waals surface area contributed by atoms with E-state index in [1.165, 1.54) is 12.1 Å². The molecular weight excluding hydrogens is 233 g/mol. The van der Waals surface area contributed by atoms with Gasteiger partial charge >= 0.3 is 0 Å². The number of nitrogens with one attached hydrogen (secondary N) is 1. The van der Waals surface area contributed by atoms with Gasteiger partial charge in [0.05, 0.1) is 11.4 Å². The molecule has 4 nitrogen and oxygen atoms in total. The van der Waals surface area contributed by atoms with Crippen LogP contribution >= 0.6 is 0 Å². The van der Waals surface area contributed by atoms with Crippen molar-refractivity contribution >= 4 is 11.6 Å². The van der Waals surface area contributed by atoms with Gasteiger partial charge < -0.3 is 5.32 Å². The standard InChI is InChI=1S/C13H14FN3O/c1-3-17-12(8-9(2)16-17)13(18)15-11-7-5-4-6-10(11)14/h4-8H,3H2,1-2H3,(H,15,18). The first kappa shape index (κ1) is 12.3. The van der Waals surface area contributed by atoms with Gasteiger partial charge in [0.1, 0.15) is 11.5 Å². The van der Waals surface area contributed by atoms with E-state index in [1.807, 2.05) is 13.8 Å². The second-order valence-electron chi connectivity index (χ2n) is 3.92. The molecular formula is C13H14FN3O. The lowest BCUT2D eigenvalue weighted by Crippen LogP contribution is -2.17. The fraction of sp³-hybridized carbons (Fsp3) is 0.231. The average Bonchev–Trinajstić information content (AvgIpc) is 2.73. The second-order valence-corrected chi connectivity index (χ2v) is 3.92. The number of para-hydroxylation sites is 1. The molecule has 1 heterocycles. The summed E-state index contributed by atoms with van der Waals surface area (Å²) >= 11 is 0. The van der Waals surface area contributed by atoms with Gasteiger partial charge in [-0.25, -0.2) is 4.39 Å². The van der Waals surface area contributed by atoms with Crippen molar-refractivity contribution in [3.63, 3.8) is 0 Å². The van der Waals surface area contributed by atoms with Crippen molar-refractivity contribution in [3.05, 3.63) is 47.5 Å². The number of rotatable bonds is 3. The number of anilines is 1. The molecule has 0 bridgehead atoms. The van der Waals surface area contributed by atoms with Crippen LogP contribution in [0.25, 0.3) is 0 Å². The van der Waals surface area contributed by atoms with E-state index in [0.29, 0.717) is 12.2 Å². The molecule has 1 N–H and O–H groups in total. The molecule has 1 aromatic heterocycles. The van der Waals surface area contributed by atoms with Crippen molar-refractivity contribution < 1.29 is 9.18 Å². The molecule has 0 radical (unpaired) electrons. The summed E-state index contributed by atoms with van der Waals surface area (Å²) < 4.78 is 15.0. The van der Waals surface area contributed by atoms with E-state index in [9.17, 15) is 9.18 Å². The zero-order valence-corrected chi connectivity index (χ0v) is 10.3. The minimum atomic E-state index is -0.454. The topological polar surface area (TPSA) is 46.9 Å². The van der Waals surface area contributed by atoms with E-state index >= 15 is 0 Å². The largest absolute Gasteiger partial charge is 0.318 e. The quantitative estimate of drug-likeness (QED) is 0.906. The average molecular weight is 247 g/mol. The Morgan fingerprint density at radius 1 is 1.44 bits per heavy atom. The molecule has 2 rings (SSSR count). The van der Waals surface area contributed by atoms with E-state index < -0.39 is 5.82 Å². The Labute approximate surface area is 104 Å². The number of hydrogen-bond donors (Lipinski definition) is 1. The molecule has 0 aliphatic rings. The zero-order chi connectivity index (χ0) is 13.1. The van der Waals surface area contributed by atoms with E-state index in [-0.39, 0.29) is 11.6 Å². The van der Waals surface area contributed by atoms with Crippen LogP contribution in [0.4, 0.5) is 10.1 Å². The molecule has 0 spiro atoms. The molecule has 94 valence electrons. The van der Waals surface area contributed by atoms with Crippen LogP contribution in [0.15, 0.2) is 30.3 Å². The van der Waals surface area contributed by atoms with Crippen molar-refractivity contribution in [2.45, 2.75) is 20.4 Å². The molecule has 0 saturated carbocycles. The zero-order valence-electron chi connectivity index (χ0n) is 10.3. The number of carbonyl (C=O) groups is 1. The van der Waals surface area contributed by atoms with Crippen molar-refractivity contribution in [3.8, 4) is 0 Å². The van der Waals surface area contributed by atoms with Crippen molar-refractivity contribution in [2.24, 2.45) is 0 Å². The highest BCUT2D eigenvalue weighted by atomic mass is 19.1. The number of halogens is 1. The molecule has 2 aromatic rings. The number of hydrogen-bond acceptors (Lipinski definition) is 2. The molecule has 0 saturated heterocycles. The van der Waals surface area contributed by atoms with Crippen molar-refractivity contribution in [1.29, 1.82) is 0 Å². The Morgan fingerprint density at radius 2 is 2.17 bits per heavy atom. The van der Waals surface area contributed by atoms with E-state index in [0.717, 1.165) is 5.69 Å². The van der Waals surface area contributed by atoms with Crippen molar-refractivity contribution in [1.82, 2.24) is 9.78 Å². The lowest BCUT2D eigenvalue weighted by molar-refractivity contribution is 0.101. The Balaban J connectivity index is 2.25. The molecule has 1 aromatic carbocycles. The van der Waals surface area contributed by atoms with E-state index in [4.69, 9.17) is 0 Å². The van der Waals surface area contributed by atoms with Gasteiger partial charge in [0.15, 0.2) is 0 Å².